The topological polar surface area (TPSA) is 118 Å². The highest BCUT2D eigenvalue weighted by Crippen LogP contribution is 2.46. The van der Waals surface area contributed by atoms with Crippen molar-refractivity contribution >= 4 is 174 Å². The maximum absolute atomic E-state index is 9.50. The summed E-state index contributed by atoms with van der Waals surface area (Å²) in [5.41, 5.74) is 22.6. The van der Waals surface area contributed by atoms with Gasteiger partial charge in [0.25, 0.3) is 0 Å². The average molecular weight is 1850 g/mol. The summed E-state index contributed by atoms with van der Waals surface area (Å²) in [5.74, 6) is 1.41. The molecule has 674 valence electrons. The van der Waals surface area contributed by atoms with Gasteiger partial charge in [-0.1, -0.05) is 364 Å². The standard InChI is InChI=1S/C50H31N3.C46H29N3.C38H23N5/c1-2-12-32(13-3-1)37-24-25-43-45(30-37)51-50(52-49(43)38-23-22-33-14-4-5-15-34(33)28-38)42-26-27-47(40-19-9-8-18-39(40)42)53-46-21-11-10-20-41(46)44-29-35-16-6-7-17-36(35)31-48(44)53;1-3-13-30(14-4-1)34-23-24-39-41(27-34)47-46(48-45(39)31-15-5-2-6-16-31)36-25-35-19-9-10-20-37(35)43(29-36)49-42-22-12-11-21-38(42)40-26-32-17-7-8-18-33(32)28-44(40)49;1-2-8-24(9-3-1)35-36(42-38-37(41-35)39-18-19-40-38)29-15-14-28-21-30(17-16-27(28)20-29)43-33-13-7-6-12-31(33)32-22-25-10-4-5-11-26(25)23-34(32)43/h1-31H;1-29H;1-23H/i;;14D,15D,16D,17D,20D,21D. The molecule has 0 amide bonds. The quantitative estimate of drug-likeness (QED) is 0.126. The molecule has 0 spiro atoms. The summed E-state index contributed by atoms with van der Waals surface area (Å²) >= 11 is 0. The molecule has 30 aromatic rings. The summed E-state index contributed by atoms with van der Waals surface area (Å²) in [7, 11) is 0. The Labute approximate surface area is 841 Å². The zero-order chi connectivity index (χ0) is 101. The predicted octanol–water partition coefficient (Wildman–Crippen LogP) is 34.4. The Balaban J connectivity index is 0.000000109. The molecule has 0 aliphatic rings. The number of hydrogen-bond acceptors (Lipinski definition) is 8. The predicted molar refractivity (Wildman–Crippen MR) is 603 cm³/mol. The minimum Gasteiger partial charge on any atom is -0.309 e. The number of para-hydroxylation sites is 3. The van der Waals surface area contributed by atoms with E-state index in [9.17, 15) is 8.22 Å². The first-order chi connectivity index (χ1) is 74.4. The van der Waals surface area contributed by atoms with Crippen LogP contribution in [0.4, 0.5) is 0 Å². The smallest absolute Gasteiger partial charge is 0.198 e. The van der Waals surface area contributed by atoms with Gasteiger partial charge >= 0.3 is 0 Å². The van der Waals surface area contributed by atoms with E-state index in [1.54, 1.807) is 4.57 Å². The molecule has 0 unspecified atom stereocenters. The zero-order valence-corrected chi connectivity index (χ0v) is 77.9. The van der Waals surface area contributed by atoms with E-state index in [-0.39, 0.29) is 75.3 Å². The summed E-state index contributed by atoms with van der Waals surface area (Å²) in [6.45, 7) is 0. The van der Waals surface area contributed by atoms with Gasteiger partial charge in [-0.05, 0) is 214 Å². The third kappa shape index (κ3) is 14.7. The van der Waals surface area contributed by atoms with Crippen LogP contribution < -0.4 is 0 Å². The van der Waals surface area contributed by atoms with Crippen molar-refractivity contribution < 1.29 is 8.22 Å². The van der Waals surface area contributed by atoms with Crippen molar-refractivity contribution in [2.75, 3.05) is 0 Å². The molecular weight excluding hydrogens is 1760 g/mol. The molecule has 0 aliphatic heterocycles. The largest absolute Gasteiger partial charge is 0.309 e. The second kappa shape index (κ2) is 34.8. The van der Waals surface area contributed by atoms with Crippen molar-refractivity contribution in [3.05, 3.63) is 504 Å². The molecule has 23 aromatic carbocycles. The molecule has 30 rings (SSSR count). The molecule has 7 heterocycles. The number of fused-ring (bicyclic) bond motifs is 19. The Morgan fingerprint density at radius 1 is 0.179 bits per heavy atom. The average Bonchev–Trinajstić information content (AvgIpc) is 1.61. The van der Waals surface area contributed by atoms with Crippen LogP contribution in [0.1, 0.15) is 8.22 Å². The van der Waals surface area contributed by atoms with E-state index in [2.05, 4.69) is 383 Å². The molecule has 11 heteroatoms. The molecule has 0 saturated carbocycles. The summed E-state index contributed by atoms with van der Waals surface area (Å²) in [5, 5.41) is 22.7. The van der Waals surface area contributed by atoms with E-state index in [0.29, 0.717) is 22.9 Å². The Kier molecular flexibility index (Phi) is 18.5. The highest BCUT2D eigenvalue weighted by molar-refractivity contribution is 6.19. The van der Waals surface area contributed by atoms with Gasteiger partial charge in [-0.25, -0.2) is 39.9 Å². The van der Waals surface area contributed by atoms with Crippen molar-refractivity contribution in [3.63, 3.8) is 0 Å². The van der Waals surface area contributed by atoms with Crippen LogP contribution in [0.2, 0.25) is 0 Å². The summed E-state index contributed by atoms with van der Waals surface area (Å²) in [4.78, 5) is 39.4. The Bertz CT molecular complexity index is 10900. The Hall–Kier alpha value is -19.6. The molecule has 0 radical (unpaired) electrons. The summed E-state index contributed by atoms with van der Waals surface area (Å²) in [6, 6.07) is 157. The van der Waals surface area contributed by atoms with Gasteiger partial charge in [-0.2, -0.15) is 0 Å². The lowest BCUT2D eigenvalue weighted by Crippen LogP contribution is -1.99. The maximum atomic E-state index is 9.50. The summed E-state index contributed by atoms with van der Waals surface area (Å²) in [6.07, 6.45) is 2.98. The van der Waals surface area contributed by atoms with Crippen LogP contribution in [0.5, 0.6) is 0 Å². The van der Waals surface area contributed by atoms with Gasteiger partial charge < -0.3 is 13.7 Å². The molecule has 7 aromatic heterocycles. The molecular formula is C134H83N11. The van der Waals surface area contributed by atoms with Gasteiger partial charge in [0, 0.05) is 105 Å². The second-order valence-corrected chi connectivity index (χ2v) is 36.7. The normalized spacial score (nSPS) is 12.3. The monoisotopic (exact) mass is 1850 g/mol. The van der Waals surface area contributed by atoms with E-state index in [4.69, 9.17) is 29.9 Å². The minimum absolute atomic E-state index is 0.0280. The number of rotatable bonds is 11. The lowest BCUT2D eigenvalue weighted by atomic mass is 9.98. The Morgan fingerprint density at radius 2 is 0.566 bits per heavy atom. The lowest BCUT2D eigenvalue weighted by Gasteiger charge is -2.16. The van der Waals surface area contributed by atoms with Gasteiger partial charge in [0.05, 0.1) is 86.5 Å². The third-order valence-corrected chi connectivity index (χ3v) is 28.2. The van der Waals surface area contributed by atoms with Gasteiger partial charge in [0.2, 0.25) is 0 Å². The van der Waals surface area contributed by atoms with Crippen LogP contribution in [0.15, 0.2) is 504 Å². The number of aromatic nitrogens is 11. The zero-order valence-electron chi connectivity index (χ0n) is 83.9. The van der Waals surface area contributed by atoms with Crippen LogP contribution >= 0.6 is 0 Å². The lowest BCUT2D eigenvalue weighted by molar-refractivity contribution is 1.16. The fourth-order valence-corrected chi connectivity index (χ4v) is 21.4. The molecule has 0 atom stereocenters. The maximum Gasteiger partial charge on any atom is 0.198 e. The van der Waals surface area contributed by atoms with Gasteiger partial charge in [0.15, 0.2) is 22.9 Å². The molecule has 0 saturated heterocycles. The number of hydrogen-bond donors (Lipinski definition) is 0. The van der Waals surface area contributed by atoms with Crippen molar-refractivity contribution in [1.82, 2.24) is 53.6 Å². The van der Waals surface area contributed by atoms with Crippen molar-refractivity contribution in [3.8, 4) is 107 Å². The van der Waals surface area contributed by atoms with Crippen LogP contribution in [0.3, 0.4) is 0 Å². The van der Waals surface area contributed by atoms with E-state index < -0.39 is 0 Å². The van der Waals surface area contributed by atoms with E-state index >= 15 is 0 Å². The SMILES string of the molecule is [2H]c1c(-n2c3ccccc3c3cc4ccccc4cc32)c([2H])c2c([2H])c([2H])c(-c3nc4nccnc4nc3-c3ccccc3)c([2H])c2c1[2H].c1ccc(-c2ccc3c(-c4ccc5ccccc5c4)nc(-c4ccc(-n5c6ccccc6c6cc7ccccc7cc65)c5ccccc45)nc3c2)cc1.c1ccc(-c2ccc3c(-c4ccccc4)nc(-c4cc(-n5c6ccccc6c6cc7ccccc7cc65)c5ccccc5c4)nc3c2)cc1. The van der Waals surface area contributed by atoms with E-state index in [0.717, 1.165) is 138 Å². The first-order valence-corrected chi connectivity index (χ1v) is 48.6. The van der Waals surface area contributed by atoms with Crippen molar-refractivity contribution in [2.45, 2.75) is 0 Å². The van der Waals surface area contributed by atoms with Crippen molar-refractivity contribution in [1.29, 1.82) is 0 Å². The van der Waals surface area contributed by atoms with Gasteiger partial charge in [0.1, 0.15) is 0 Å². The van der Waals surface area contributed by atoms with E-state index in [1.807, 2.05) is 91.0 Å². The molecule has 145 heavy (non-hydrogen) atoms. The third-order valence-electron chi connectivity index (χ3n) is 28.2. The molecule has 0 N–H and O–H groups in total. The van der Waals surface area contributed by atoms with Crippen molar-refractivity contribution in [2.24, 2.45) is 0 Å². The fourth-order valence-electron chi connectivity index (χ4n) is 21.4. The van der Waals surface area contributed by atoms with E-state index in [1.165, 1.54) is 93.7 Å². The molecule has 0 aliphatic carbocycles. The molecule has 0 fully saturated rings. The highest BCUT2D eigenvalue weighted by Gasteiger charge is 2.25. The van der Waals surface area contributed by atoms with Crippen LogP contribution in [-0.2, 0) is 0 Å². The second-order valence-electron chi connectivity index (χ2n) is 36.7. The number of benzene rings is 23. The van der Waals surface area contributed by atoms with Gasteiger partial charge in [-0.15, -0.1) is 0 Å². The minimum atomic E-state index is -0.341. The Morgan fingerprint density at radius 3 is 1.11 bits per heavy atom. The number of nitrogens with zero attached hydrogens (tertiary/aromatic N) is 11. The fraction of sp³-hybridized carbons (Fsp3) is 0. The molecule has 0 bridgehead atoms. The first kappa shape index (κ1) is 77.3. The van der Waals surface area contributed by atoms with Gasteiger partial charge in [-0.3, -0.25) is 0 Å². The van der Waals surface area contributed by atoms with Crippen LogP contribution in [0, 0.1) is 0 Å². The summed E-state index contributed by atoms with van der Waals surface area (Å²) < 4.78 is 62.7. The van der Waals surface area contributed by atoms with Crippen LogP contribution in [-0.4, -0.2) is 53.6 Å². The van der Waals surface area contributed by atoms with Crippen LogP contribution in [0.25, 0.3) is 281 Å². The first-order valence-electron chi connectivity index (χ1n) is 51.6. The highest BCUT2D eigenvalue weighted by atomic mass is 15.0. The molecule has 11 nitrogen and oxygen atoms in total.